The van der Waals surface area contributed by atoms with E-state index in [1.807, 2.05) is 52.8 Å². The smallest absolute Gasteiger partial charge is 0.258 e. The molecule has 2 aromatic rings. The van der Waals surface area contributed by atoms with Crippen LogP contribution < -0.4 is 0 Å². The lowest BCUT2D eigenvalue weighted by atomic mass is 9.91. The Hall–Kier alpha value is -2.86. The van der Waals surface area contributed by atoms with Crippen LogP contribution in [-0.4, -0.2) is 56.0 Å². The predicted octanol–water partition coefficient (Wildman–Crippen LogP) is 4.11. The van der Waals surface area contributed by atoms with Crippen LogP contribution >= 0.6 is 0 Å². The van der Waals surface area contributed by atoms with Gasteiger partial charge < -0.3 is 0 Å². The van der Waals surface area contributed by atoms with E-state index >= 15 is 0 Å². The maximum atomic E-state index is 13.9. The molecule has 2 aliphatic heterocycles. The number of nitrogens with zero attached hydrogens (tertiary/aromatic N) is 3. The Morgan fingerprint density at radius 3 is 2.05 bits per heavy atom. The van der Waals surface area contributed by atoms with Gasteiger partial charge in [0, 0.05) is 37.8 Å². The number of aryl methyl sites for hydroxylation is 3. The second-order valence-electron chi connectivity index (χ2n) is 9.98. The molecule has 0 amide bonds. The average Bonchev–Trinajstić information content (AvgIpc) is 2.81. The maximum Gasteiger partial charge on any atom is 0.269 e. The first-order valence-electron chi connectivity index (χ1n) is 12.0. The summed E-state index contributed by atoms with van der Waals surface area (Å²) < 4.78 is 57.2. The van der Waals surface area contributed by atoms with Crippen molar-refractivity contribution in [1.82, 2.24) is 8.61 Å². The van der Waals surface area contributed by atoms with Gasteiger partial charge in [-0.3, -0.25) is 10.1 Å². The summed E-state index contributed by atoms with van der Waals surface area (Å²) in [6.45, 7) is 9.79. The molecule has 0 N–H and O–H groups in total. The van der Waals surface area contributed by atoms with Crippen molar-refractivity contribution >= 4 is 25.7 Å². The Balaban J connectivity index is 1.68. The van der Waals surface area contributed by atoms with Crippen molar-refractivity contribution in [2.75, 3.05) is 19.6 Å². The van der Waals surface area contributed by atoms with Crippen LogP contribution in [0.15, 0.2) is 69.5 Å². The van der Waals surface area contributed by atoms with E-state index < -0.39 is 31.0 Å². The topological polar surface area (TPSA) is 118 Å². The fraction of sp³-hybridized carbons (Fsp3) is 0.385. The van der Waals surface area contributed by atoms with Crippen molar-refractivity contribution in [3.63, 3.8) is 0 Å². The summed E-state index contributed by atoms with van der Waals surface area (Å²) in [5.74, 6) is -0.0449. The molecule has 11 heteroatoms. The Bertz CT molecular complexity index is 1500. The highest BCUT2D eigenvalue weighted by Gasteiger charge is 2.40. The van der Waals surface area contributed by atoms with E-state index in [0.717, 1.165) is 16.7 Å². The number of non-ortho nitro benzene ring substituents is 1. The van der Waals surface area contributed by atoms with Gasteiger partial charge in [-0.2, -0.15) is 8.61 Å². The molecule has 0 fully saturated rings. The summed E-state index contributed by atoms with van der Waals surface area (Å²) >= 11 is 0. The van der Waals surface area contributed by atoms with E-state index in [0.29, 0.717) is 16.0 Å². The summed E-state index contributed by atoms with van der Waals surface area (Å²) in [4.78, 5) is 10.6. The first-order chi connectivity index (χ1) is 17.2. The Morgan fingerprint density at radius 1 is 0.919 bits per heavy atom. The van der Waals surface area contributed by atoms with Crippen LogP contribution in [0.5, 0.6) is 0 Å². The minimum absolute atomic E-state index is 0.0266. The summed E-state index contributed by atoms with van der Waals surface area (Å²) in [7, 11) is -7.72. The molecule has 0 radical (unpaired) electrons. The zero-order valence-electron chi connectivity index (χ0n) is 21.5. The molecule has 9 nitrogen and oxygen atoms in total. The van der Waals surface area contributed by atoms with E-state index in [-0.39, 0.29) is 36.1 Å². The highest BCUT2D eigenvalue weighted by atomic mass is 32.2. The highest BCUT2D eigenvalue weighted by molar-refractivity contribution is 7.89. The molecular weight excluding hydrogens is 514 g/mol. The fourth-order valence-electron chi connectivity index (χ4n) is 5.12. The molecule has 0 aromatic heterocycles. The van der Waals surface area contributed by atoms with Crippen molar-refractivity contribution in [1.29, 1.82) is 0 Å². The molecule has 0 saturated carbocycles. The van der Waals surface area contributed by atoms with Crippen molar-refractivity contribution < 1.29 is 21.8 Å². The number of nitro groups is 1. The molecule has 0 unspecified atom stereocenters. The van der Waals surface area contributed by atoms with Crippen LogP contribution in [0.3, 0.4) is 0 Å². The number of fused-ring (bicyclic) bond motifs is 1. The van der Waals surface area contributed by atoms with Crippen molar-refractivity contribution in [2.45, 2.75) is 50.5 Å². The highest BCUT2D eigenvalue weighted by Crippen LogP contribution is 2.36. The largest absolute Gasteiger partial charge is 0.269 e. The van der Waals surface area contributed by atoms with Crippen LogP contribution in [0.4, 0.5) is 5.69 Å². The van der Waals surface area contributed by atoms with Crippen LogP contribution in [-0.2, 0) is 20.0 Å². The molecule has 37 heavy (non-hydrogen) atoms. The maximum absolute atomic E-state index is 13.9. The van der Waals surface area contributed by atoms with Gasteiger partial charge in [0.05, 0.1) is 14.7 Å². The van der Waals surface area contributed by atoms with Crippen LogP contribution in [0, 0.1) is 36.8 Å². The van der Waals surface area contributed by atoms with Gasteiger partial charge in [0.15, 0.2) is 0 Å². The third kappa shape index (κ3) is 5.00. The Labute approximate surface area is 218 Å². The van der Waals surface area contributed by atoms with Gasteiger partial charge in [-0.25, -0.2) is 16.8 Å². The van der Waals surface area contributed by atoms with Gasteiger partial charge in [-0.05, 0) is 61.1 Å². The molecule has 198 valence electrons. The Kier molecular flexibility index (Phi) is 7.19. The molecule has 1 atom stereocenters. The summed E-state index contributed by atoms with van der Waals surface area (Å²) in [5.41, 5.74) is 3.78. The molecular formula is C26H31N3O6S2. The standard InChI is InChI=1S/C26H31N3O6S2/c1-17(2)25-14-22-15-27(36(32,33)24-8-6-23(7-9-24)29(30)31)11-10-21(22)16-28(25)37(34,35)26-19(4)12-18(3)13-20(26)5/h6-10,12-14,17,25H,11,15-16H2,1-5H3/t25-/m1/s1. The molecule has 4 rings (SSSR count). The average molecular weight is 546 g/mol. The number of rotatable bonds is 6. The van der Waals surface area contributed by atoms with E-state index in [9.17, 15) is 26.9 Å². The number of nitro benzene ring substituents is 1. The lowest BCUT2D eigenvalue weighted by molar-refractivity contribution is -0.384. The van der Waals surface area contributed by atoms with E-state index in [1.54, 1.807) is 6.08 Å². The van der Waals surface area contributed by atoms with Gasteiger partial charge in [0.25, 0.3) is 5.69 Å². The molecule has 0 aliphatic carbocycles. The van der Waals surface area contributed by atoms with E-state index in [1.165, 1.54) is 32.9 Å². The minimum Gasteiger partial charge on any atom is -0.258 e. The molecule has 0 saturated heterocycles. The van der Waals surface area contributed by atoms with E-state index in [2.05, 4.69) is 0 Å². The zero-order valence-corrected chi connectivity index (χ0v) is 23.1. The van der Waals surface area contributed by atoms with E-state index in [4.69, 9.17) is 0 Å². The second kappa shape index (κ2) is 9.79. The minimum atomic E-state index is -3.90. The summed E-state index contributed by atoms with van der Waals surface area (Å²) in [6.07, 6.45) is 3.63. The third-order valence-electron chi connectivity index (χ3n) is 6.87. The first-order valence-corrected chi connectivity index (χ1v) is 14.9. The second-order valence-corrected chi connectivity index (χ2v) is 13.7. The van der Waals surface area contributed by atoms with Crippen LogP contribution in [0.2, 0.25) is 0 Å². The molecule has 2 aromatic carbocycles. The molecule has 2 aliphatic rings. The number of hydrogen-bond donors (Lipinski definition) is 0. The van der Waals surface area contributed by atoms with Gasteiger partial charge in [-0.1, -0.05) is 43.7 Å². The SMILES string of the molecule is Cc1cc(C)c(S(=O)(=O)N2CC3=CCN(S(=O)(=O)c4ccc([N+](=O)[O-])cc4)CC3=C[C@@H]2C(C)C)c(C)c1. The van der Waals surface area contributed by atoms with Gasteiger partial charge in [-0.15, -0.1) is 0 Å². The summed E-state index contributed by atoms with van der Waals surface area (Å²) in [5, 5.41) is 10.9. The quantitative estimate of drug-likeness (QED) is 0.398. The summed E-state index contributed by atoms with van der Waals surface area (Å²) in [6, 6.07) is 8.11. The van der Waals surface area contributed by atoms with Crippen LogP contribution in [0.1, 0.15) is 30.5 Å². The normalized spacial score (nSPS) is 19.4. The van der Waals surface area contributed by atoms with Crippen molar-refractivity contribution in [3.05, 3.63) is 86.5 Å². The van der Waals surface area contributed by atoms with Gasteiger partial charge in [0.1, 0.15) is 0 Å². The predicted molar refractivity (Wildman–Crippen MR) is 141 cm³/mol. The third-order valence-corrected chi connectivity index (χ3v) is 10.8. The lowest BCUT2D eigenvalue weighted by Crippen LogP contribution is -2.48. The van der Waals surface area contributed by atoms with Gasteiger partial charge in [0.2, 0.25) is 20.0 Å². The first kappa shape index (κ1) is 27.2. The number of hydrogen-bond acceptors (Lipinski definition) is 6. The number of benzene rings is 2. The Morgan fingerprint density at radius 2 is 1.51 bits per heavy atom. The van der Waals surface area contributed by atoms with Crippen LogP contribution in [0.25, 0.3) is 0 Å². The number of sulfonamides is 2. The van der Waals surface area contributed by atoms with Crippen molar-refractivity contribution in [3.8, 4) is 0 Å². The fourth-order valence-corrected chi connectivity index (χ4v) is 8.58. The molecule has 0 spiro atoms. The zero-order chi connectivity index (χ0) is 27.3. The lowest BCUT2D eigenvalue weighted by Gasteiger charge is -2.40. The van der Waals surface area contributed by atoms with Crippen molar-refractivity contribution in [2.24, 2.45) is 5.92 Å². The molecule has 0 bridgehead atoms. The van der Waals surface area contributed by atoms with Gasteiger partial charge >= 0.3 is 0 Å². The monoisotopic (exact) mass is 545 g/mol. The molecule has 2 heterocycles.